The number of carbonyl (C=O) groups excluding carboxylic acids is 1. The van der Waals surface area contributed by atoms with Crippen LogP contribution in [0.1, 0.15) is 21.5 Å². The maximum absolute atomic E-state index is 12.2. The molecule has 0 radical (unpaired) electrons. The van der Waals surface area contributed by atoms with E-state index in [1.54, 1.807) is 42.5 Å². The van der Waals surface area contributed by atoms with Gasteiger partial charge in [0.2, 0.25) is 0 Å². The zero-order valence-electron chi connectivity index (χ0n) is 13.7. The number of nitrogens with zero attached hydrogens (tertiary/aromatic N) is 3. The fourth-order valence-corrected chi connectivity index (χ4v) is 2.18. The molecule has 2 aromatic carbocycles. The maximum Gasteiger partial charge on any atom is 0.320 e. The first-order chi connectivity index (χ1) is 12.5. The van der Waals surface area contributed by atoms with Gasteiger partial charge in [0.15, 0.2) is 0 Å². The molecule has 0 unspecified atom stereocenters. The van der Waals surface area contributed by atoms with E-state index >= 15 is 0 Å². The van der Waals surface area contributed by atoms with Crippen LogP contribution in [0.3, 0.4) is 0 Å². The molecule has 9 heteroatoms. The number of carbonyl (C=O) groups is 2. The highest BCUT2D eigenvalue weighted by Gasteiger charge is 2.12. The molecule has 2 rings (SSSR count). The first kappa shape index (κ1) is 18.8. The number of azide groups is 1. The number of hydrogen-bond donors (Lipinski definition) is 3. The van der Waals surface area contributed by atoms with Crippen molar-refractivity contribution < 1.29 is 19.5 Å². The quantitative estimate of drug-likeness (QED) is 0.287. The molecule has 0 aliphatic heterocycles. The van der Waals surface area contributed by atoms with Crippen molar-refractivity contribution in [1.29, 1.82) is 0 Å². The number of rotatable bonds is 8. The van der Waals surface area contributed by atoms with Crippen molar-refractivity contribution in [3.8, 4) is 5.75 Å². The summed E-state index contributed by atoms with van der Waals surface area (Å²) >= 11 is 0. The molecule has 0 saturated heterocycles. The van der Waals surface area contributed by atoms with Crippen molar-refractivity contribution in [3.63, 3.8) is 0 Å². The zero-order valence-corrected chi connectivity index (χ0v) is 13.7. The first-order valence-electron chi connectivity index (χ1n) is 7.65. The third kappa shape index (κ3) is 5.52. The summed E-state index contributed by atoms with van der Waals surface area (Å²) in [5.41, 5.74) is 15.7. The molecule has 1 amide bonds. The summed E-state index contributed by atoms with van der Waals surface area (Å²) in [7, 11) is 0. The normalized spacial score (nSPS) is 11.1. The lowest BCUT2D eigenvalue weighted by molar-refractivity contribution is -0.138. The van der Waals surface area contributed by atoms with Gasteiger partial charge in [-0.15, -0.1) is 0 Å². The third-order valence-corrected chi connectivity index (χ3v) is 3.53. The lowest BCUT2D eigenvalue weighted by atomic mass is 10.0. The van der Waals surface area contributed by atoms with Crippen molar-refractivity contribution in [3.05, 3.63) is 75.7 Å². The van der Waals surface area contributed by atoms with Crippen molar-refractivity contribution >= 4 is 11.9 Å². The maximum atomic E-state index is 12.2. The van der Waals surface area contributed by atoms with Crippen LogP contribution in [0.15, 0.2) is 53.8 Å². The molecular weight excluding hydrogens is 338 g/mol. The summed E-state index contributed by atoms with van der Waals surface area (Å²) in [5, 5.41) is 14.6. The number of nitrogens with one attached hydrogen (secondary N) is 1. The molecule has 26 heavy (non-hydrogen) atoms. The zero-order chi connectivity index (χ0) is 18.9. The summed E-state index contributed by atoms with van der Waals surface area (Å²) < 4.78 is 0. The predicted octanol–water partition coefficient (Wildman–Crippen LogP) is 2.18. The smallest absolute Gasteiger partial charge is 0.320 e. The summed E-state index contributed by atoms with van der Waals surface area (Å²) in [6.45, 7) is 0.297. The van der Waals surface area contributed by atoms with Crippen LogP contribution in [0.25, 0.3) is 10.4 Å². The van der Waals surface area contributed by atoms with Crippen LogP contribution < -0.4 is 15.9 Å². The molecular formula is C17H17N5O4. The number of carboxylic acids is 1. The van der Waals surface area contributed by atoms with Crippen molar-refractivity contribution in [1.82, 2.24) is 5.32 Å². The van der Waals surface area contributed by atoms with Gasteiger partial charge in [-0.05, 0) is 41.3 Å². The highest BCUT2D eigenvalue weighted by molar-refractivity contribution is 5.94. The van der Waals surface area contributed by atoms with E-state index in [1.807, 2.05) is 0 Å². The summed E-state index contributed by atoms with van der Waals surface area (Å²) in [6.07, 6.45) is 0.236. The second kappa shape index (κ2) is 9.07. The average Bonchev–Trinajstić information content (AvgIpc) is 2.65. The number of hydrogen-bond acceptors (Lipinski definition) is 5. The van der Waals surface area contributed by atoms with Gasteiger partial charge < -0.3 is 21.0 Å². The molecule has 0 saturated carbocycles. The minimum Gasteiger partial charge on any atom is -0.480 e. The van der Waals surface area contributed by atoms with E-state index in [0.29, 0.717) is 12.1 Å². The van der Waals surface area contributed by atoms with Crippen molar-refractivity contribution in [2.24, 2.45) is 11.0 Å². The van der Waals surface area contributed by atoms with Gasteiger partial charge in [0, 0.05) is 17.0 Å². The van der Waals surface area contributed by atoms with E-state index in [0.717, 1.165) is 11.1 Å². The minimum absolute atomic E-state index is 0.236. The number of benzene rings is 2. The van der Waals surface area contributed by atoms with Gasteiger partial charge in [-0.25, -0.2) is 0 Å². The fourth-order valence-electron chi connectivity index (χ4n) is 2.18. The third-order valence-electron chi connectivity index (χ3n) is 3.53. The Morgan fingerprint density at radius 1 is 1.23 bits per heavy atom. The molecule has 0 spiro atoms. The van der Waals surface area contributed by atoms with Gasteiger partial charge >= 0.3 is 5.97 Å². The summed E-state index contributed by atoms with van der Waals surface area (Å²) in [6, 6.07) is 12.4. The van der Waals surface area contributed by atoms with Crippen LogP contribution in [0, 0.1) is 0 Å². The lowest BCUT2D eigenvalue weighted by Crippen LogP contribution is -2.32. The number of carboxylic acid groups (broad SMARTS) is 1. The van der Waals surface area contributed by atoms with E-state index in [1.165, 1.54) is 6.07 Å². The van der Waals surface area contributed by atoms with Crippen LogP contribution in [0.4, 0.5) is 0 Å². The standard InChI is InChI=1S/C17H17N5O4/c18-15(17(24)25)8-11-4-6-12(7-5-11)10-20-16(23)13-2-1-3-14(9-13)26-22-21-19/h1-7,9,15H,8,10,18H2,(H,20,23)(H,24,25)/t15-/m0/s1. The van der Waals surface area contributed by atoms with Gasteiger partial charge in [0.1, 0.15) is 17.1 Å². The topological polar surface area (TPSA) is 150 Å². The molecule has 0 bridgehead atoms. The van der Waals surface area contributed by atoms with Gasteiger partial charge in [-0.3, -0.25) is 9.59 Å². The van der Waals surface area contributed by atoms with E-state index in [2.05, 4.69) is 15.5 Å². The molecule has 0 heterocycles. The van der Waals surface area contributed by atoms with E-state index < -0.39 is 12.0 Å². The molecule has 0 aliphatic rings. The molecule has 0 aliphatic carbocycles. The van der Waals surface area contributed by atoms with Crippen LogP contribution in [0.2, 0.25) is 0 Å². The Balaban J connectivity index is 1.93. The second-order valence-corrected chi connectivity index (χ2v) is 5.44. The summed E-state index contributed by atoms with van der Waals surface area (Å²) in [4.78, 5) is 30.2. The second-order valence-electron chi connectivity index (χ2n) is 5.44. The molecule has 2 aromatic rings. The Morgan fingerprint density at radius 2 is 1.92 bits per heavy atom. The number of amides is 1. The molecule has 9 nitrogen and oxygen atoms in total. The van der Waals surface area contributed by atoms with Gasteiger partial charge in [0.05, 0.1) is 0 Å². The van der Waals surface area contributed by atoms with Gasteiger partial charge in [-0.1, -0.05) is 30.3 Å². The molecule has 1 atom stereocenters. The Hall–Kier alpha value is -3.55. The highest BCUT2D eigenvalue weighted by Crippen LogP contribution is 2.14. The van der Waals surface area contributed by atoms with E-state index in [-0.39, 0.29) is 18.1 Å². The largest absolute Gasteiger partial charge is 0.480 e. The average molecular weight is 355 g/mol. The molecule has 0 fully saturated rings. The number of nitrogens with two attached hydrogens (primary N) is 1. The van der Waals surface area contributed by atoms with Crippen molar-refractivity contribution in [2.45, 2.75) is 19.0 Å². The Bertz CT molecular complexity index is 831. The number of aliphatic carboxylic acids is 1. The van der Waals surface area contributed by atoms with Crippen LogP contribution >= 0.6 is 0 Å². The SMILES string of the molecule is [N-]=[N+]=NOc1cccc(C(=O)NCc2ccc(C[C@H](N)C(=O)O)cc2)c1. The van der Waals surface area contributed by atoms with Crippen LogP contribution in [0.5, 0.6) is 5.75 Å². The molecule has 4 N–H and O–H groups in total. The minimum atomic E-state index is -1.05. The van der Waals surface area contributed by atoms with Crippen molar-refractivity contribution in [2.75, 3.05) is 0 Å². The summed E-state index contributed by atoms with van der Waals surface area (Å²) in [5.74, 6) is -1.10. The Kier molecular flexibility index (Phi) is 6.55. The van der Waals surface area contributed by atoms with Gasteiger partial charge in [-0.2, -0.15) is 0 Å². The highest BCUT2D eigenvalue weighted by atomic mass is 16.6. The fraction of sp³-hybridized carbons (Fsp3) is 0.176. The van der Waals surface area contributed by atoms with Crippen LogP contribution in [-0.2, 0) is 17.8 Å². The predicted molar refractivity (Wildman–Crippen MR) is 93.1 cm³/mol. The molecule has 0 aromatic heterocycles. The van der Waals surface area contributed by atoms with Crippen LogP contribution in [-0.4, -0.2) is 23.0 Å². The lowest BCUT2D eigenvalue weighted by Gasteiger charge is -2.09. The Morgan fingerprint density at radius 3 is 2.58 bits per heavy atom. The Labute approximate surface area is 149 Å². The van der Waals surface area contributed by atoms with E-state index in [9.17, 15) is 9.59 Å². The van der Waals surface area contributed by atoms with E-state index in [4.69, 9.17) is 21.2 Å². The van der Waals surface area contributed by atoms with Gasteiger partial charge in [0.25, 0.3) is 5.91 Å². The molecule has 134 valence electrons. The first-order valence-corrected chi connectivity index (χ1v) is 7.65. The monoisotopic (exact) mass is 355 g/mol.